The van der Waals surface area contributed by atoms with Gasteiger partial charge in [0.05, 0.1) is 39.6 Å². The molecular formula is C17H27N3O3. The fourth-order valence-electron chi connectivity index (χ4n) is 2.33. The first-order valence-corrected chi connectivity index (χ1v) is 8.15. The first-order chi connectivity index (χ1) is 11.3. The van der Waals surface area contributed by atoms with Crippen molar-refractivity contribution >= 4 is 5.96 Å². The van der Waals surface area contributed by atoms with Crippen LogP contribution in [0, 0.1) is 0 Å². The Morgan fingerprint density at radius 3 is 2.74 bits per heavy atom. The molecule has 0 amide bonds. The maximum Gasteiger partial charge on any atom is 0.191 e. The molecule has 128 valence electrons. The van der Waals surface area contributed by atoms with Crippen LogP contribution < -0.4 is 5.73 Å². The van der Waals surface area contributed by atoms with Gasteiger partial charge < -0.3 is 24.8 Å². The molecule has 0 atom stereocenters. The van der Waals surface area contributed by atoms with Gasteiger partial charge >= 0.3 is 0 Å². The highest BCUT2D eigenvalue weighted by molar-refractivity contribution is 5.78. The first kappa shape index (κ1) is 17.7. The monoisotopic (exact) mass is 321 g/mol. The molecule has 6 nitrogen and oxygen atoms in total. The van der Waals surface area contributed by atoms with E-state index in [0.717, 1.165) is 30.8 Å². The third kappa shape index (κ3) is 6.56. The van der Waals surface area contributed by atoms with Crippen LogP contribution in [0.15, 0.2) is 29.3 Å². The van der Waals surface area contributed by atoms with Gasteiger partial charge in [-0.2, -0.15) is 0 Å². The number of hydrogen-bond donors (Lipinski definition) is 1. The Labute approximate surface area is 138 Å². The Morgan fingerprint density at radius 1 is 1.22 bits per heavy atom. The molecule has 1 aromatic rings. The summed E-state index contributed by atoms with van der Waals surface area (Å²) in [5, 5.41) is 0. The van der Waals surface area contributed by atoms with Crippen LogP contribution >= 0.6 is 0 Å². The highest BCUT2D eigenvalue weighted by Crippen LogP contribution is 2.08. The minimum atomic E-state index is 0.579. The van der Waals surface area contributed by atoms with Crippen molar-refractivity contribution in [3.8, 4) is 0 Å². The predicted octanol–water partition coefficient (Wildman–Crippen LogP) is 1.39. The highest BCUT2D eigenvalue weighted by Gasteiger charge is 2.11. The summed E-state index contributed by atoms with van der Waals surface area (Å²) >= 11 is 0. The van der Waals surface area contributed by atoms with E-state index in [4.69, 9.17) is 19.9 Å². The second kappa shape index (κ2) is 10.2. The highest BCUT2D eigenvalue weighted by atomic mass is 16.5. The van der Waals surface area contributed by atoms with Gasteiger partial charge in [0.2, 0.25) is 0 Å². The van der Waals surface area contributed by atoms with E-state index in [1.54, 1.807) is 0 Å². The van der Waals surface area contributed by atoms with Crippen LogP contribution in [0.4, 0.5) is 0 Å². The fraction of sp³-hybridized carbons (Fsp3) is 0.588. The zero-order valence-corrected chi connectivity index (χ0v) is 13.9. The van der Waals surface area contributed by atoms with Crippen molar-refractivity contribution in [2.45, 2.75) is 20.1 Å². The minimum Gasteiger partial charge on any atom is -0.379 e. The molecule has 2 rings (SSSR count). The third-order valence-electron chi connectivity index (χ3n) is 3.59. The van der Waals surface area contributed by atoms with Crippen LogP contribution in [-0.2, 0) is 27.4 Å². The van der Waals surface area contributed by atoms with E-state index < -0.39 is 0 Å². The molecule has 1 saturated heterocycles. The Morgan fingerprint density at radius 2 is 1.96 bits per heavy atom. The van der Waals surface area contributed by atoms with Gasteiger partial charge in [-0.1, -0.05) is 24.3 Å². The van der Waals surface area contributed by atoms with Crippen LogP contribution in [0.1, 0.15) is 18.1 Å². The molecule has 6 heteroatoms. The molecule has 0 aromatic heterocycles. The molecule has 0 bridgehead atoms. The van der Waals surface area contributed by atoms with Crippen LogP contribution in [0.5, 0.6) is 0 Å². The number of benzene rings is 1. The van der Waals surface area contributed by atoms with Crippen molar-refractivity contribution in [3.63, 3.8) is 0 Å². The van der Waals surface area contributed by atoms with E-state index in [1.165, 1.54) is 0 Å². The standard InChI is InChI=1S/C17H27N3O3/c1-2-21-10-11-23-14-16-5-3-4-15(12-16)13-19-17(18)20-6-8-22-9-7-20/h3-5,12H,2,6-11,13-14H2,1H3,(H2,18,19). The number of ether oxygens (including phenoxy) is 3. The van der Waals surface area contributed by atoms with E-state index in [1.807, 2.05) is 13.0 Å². The van der Waals surface area contributed by atoms with Crippen molar-refractivity contribution in [1.82, 2.24) is 4.90 Å². The average molecular weight is 321 g/mol. The molecule has 0 spiro atoms. The quantitative estimate of drug-likeness (QED) is 0.445. The number of guanidine groups is 1. The van der Waals surface area contributed by atoms with E-state index >= 15 is 0 Å². The molecule has 23 heavy (non-hydrogen) atoms. The van der Waals surface area contributed by atoms with E-state index in [2.05, 4.69) is 28.1 Å². The van der Waals surface area contributed by atoms with Gasteiger partial charge in [-0.25, -0.2) is 4.99 Å². The zero-order chi connectivity index (χ0) is 16.3. The molecule has 1 aliphatic heterocycles. The summed E-state index contributed by atoms with van der Waals surface area (Å²) in [6.45, 7) is 8.16. The van der Waals surface area contributed by atoms with Gasteiger partial charge in [0.1, 0.15) is 0 Å². The molecule has 2 N–H and O–H groups in total. The number of rotatable bonds is 8. The lowest BCUT2D eigenvalue weighted by Crippen LogP contribution is -2.44. The van der Waals surface area contributed by atoms with Gasteiger partial charge in [-0.15, -0.1) is 0 Å². The molecule has 0 saturated carbocycles. The lowest BCUT2D eigenvalue weighted by molar-refractivity contribution is 0.0453. The Balaban J connectivity index is 1.79. The maximum absolute atomic E-state index is 6.04. The molecule has 0 radical (unpaired) electrons. The van der Waals surface area contributed by atoms with E-state index in [-0.39, 0.29) is 0 Å². The normalized spacial score (nSPS) is 15.9. The van der Waals surface area contributed by atoms with Crippen molar-refractivity contribution in [2.24, 2.45) is 10.7 Å². The largest absolute Gasteiger partial charge is 0.379 e. The summed E-state index contributed by atoms with van der Waals surface area (Å²) in [6.07, 6.45) is 0. The van der Waals surface area contributed by atoms with E-state index in [0.29, 0.717) is 45.5 Å². The maximum atomic E-state index is 6.04. The smallest absolute Gasteiger partial charge is 0.191 e. The molecule has 0 aliphatic carbocycles. The summed E-state index contributed by atoms with van der Waals surface area (Å²) < 4.78 is 16.2. The Kier molecular flexibility index (Phi) is 7.86. The molecule has 1 heterocycles. The second-order valence-electron chi connectivity index (χ2n) is 5.34. The summed E-state index contributed by atoms with van der Waals surface area (Å²) in [5.41, 5.74) is 8.31. The van der Waals surface area contributed by atoms with Crippen molar-refractivity contribution in [2.75, 3.05) is 46.1 Å². The predicted molar refractivity (Wildman–Crippen MR) is 90.3 cm³/mol. The van der Waals surface area contributed by atoms with Crippen molar-refractivity contribution in [1.29, 1.82) is 0 Å². The summed E-state index contributed by atoms with van der Waals surface area (Å²) in [4.78, 5) is 6.54. The van der Waals surface area contributed by atoms with E-state index in [9.17, 15) is 0 Å². The summed E-state index contributed by atoms with van der Waals surface area (Å²) in [5.74, 6) is 0.590. The van der Waals surface area contributed by atoms with Crippen LogP contribution in [-0.4, -0.2) is 57.0 Å². The lowest BCUT2D eigenvalue weighted by atomic mass is 10.1. The third-order valence-corrected chi connectivity index (χ3v) is 3.59. The lowest BCUT2D eigenvalue weighted by Gasteiger charge is -2.27. The fourth-order valence-corrected chi connectivity index (χ4v) is 2.33. The van der Waals surface area contributed by atoms with Gasteiger partial charge in [-0.3, -0.25) is 0 Å². The van der Waals surface area contributed by atoms with Gasteiger partial charge in [0, 0.05) is 19.7 Å². The second-order valence-corrected chi connectivity index (χ2v) is 5.34. The van der Waals surface area contributed by atoms with Crippen LogP contribution in [0.25, 0.3) is 0 Å². The van der Waals surface area contributed by atoms with Gasteiger partial charge in [0.15, 0.2) is 5.96 Å². The van der Waals surface area contributed by atoms with Gasteiger partial charge in [-0.05, 0) is 18.1 Å². The zero-order valence-electron chi connectivity index (χ0n) is 13.9. The first-order valence-electron chi connectivity index (χ1n) is 8.15. The number of morpholine rings is 1. The number of nitrogens with zero attached hydrogens (tertiary/aromatic N) is 2. The van der Waals surface area contributed by atoms with Crippen LogP contribution in [0.3, 0.4) is 0 Å². The summed E-state index contributed by atoms with van der Waals surface area (Å²) in [6, 6.07) is 8.24. The average Bonchev–Trinajstić information content (AvgIpc) is 2.60. The van der Waals surface area contributed by atoms with Crippen molar-refractivity contribution in [3.05, 3.63) is 35.4 Å². The van der Waals surface area contributed by atoms with Crippen molar-refractivity contribution < 1.29 is 14.2 Å². The molecule has 1 fully saturated rings. The number of nitrogens with two attached hydrogens (primary N) is 1. The molecule has 0 unspecified atom stereocenters. The number of hydrogen-bond acceptors (Lipinski definition) is 4. The topological polar surface area (TPSA) is 69.3 Å². The molecular weight excluding hydrogens is 294 g/mol. The molecule has 1 aromatic carbocycles. The Hall–Kier alpha value is -1.63. The summed E-state index contributed by atoms with van der Waals surface area (Å²) in [7, 11) is 0. The SMILES string of the molecule is CCOCCOCc1cccc(CN=C(N)N2CCOCC2)c1. The van der Waals surface area contributed by atoms with Gasteiger partial charge in [0.25, 0.3) is 0 Å². The Bertz CT molecular complexity index is 488. The number of aliphatic imine (C=N–C) groups is 1. The molecule has 1 aliphatic rings. The minimum absolute atomic E-state index is 0.579. The van der Waals surface area contributed by atoms with Crippen LogP contribution in [0.2, 0.25) is 0 Å².